The molecule has 1 heterocycles. The zero-order chi connectivity index (χ0) is 19.4. The van der Waals surface area contributed by atoms with E-state index in [2.05, 4.69) is 0 Å². The number of hydrogen-bond donors (Lipinski definition) is 2. The summed E-state index contributed by atoms with van der Waals surface area (Å²) < 4.78 is 21.5. The van der Waals surface area contributed by atoms with Gasteiger partial charge in [0.1, 0.15) is 24.0 Å². The second-order valence-electron chi connectivity index (χ2n) is 9.46. The van der Waals surface area contributed by atoms with Crippen LogP contribution in [0.3, 0.4) is 0 Å². The quantitative estimate of drug-likeness (QED) is 0.716. The van der Waals surface area contributed by atoms with Crippen molar-refractivity contribution in [3.63, 3.8) is 0 Å². The number of aliphatic hydroxyl groups is 2. The van der Waals surface area contributed by atoms with Gasteiger partial charge in [-0.1, -0.05) is 13.0 Å². The van der Waals surface area contributed by atoms with Gasteiger partial charge < -0.3 is 14.9 Å². The molecular formula is C21H25FO5. The van der Waals surface area contributed by atoms with Gasteiger partial charge in [0.25, 0.3) is 0 Å². The van der Waals surface area contributed by atoms with Gasteiger partial charge in [0.15, 0.2) is 11.6 Å². The maximum Gasteiger partial charge on any atom is 0.190 e. The van der Waals surface area contributed by atoms with E-state index >= 15 is 4.39 Å². The highest BCUT2D eigenvalue weighted by molar-refractivity contribution is 6.01. The average Bonchev–Trinajstić information content (AvgIpc) is 3.29. The van der Waals surface area contributed by atoms with Crippen molar-refractivity contribution in [2.45, 2.75) is 63.0 Å². The molecule has 0 aromatic heterocycles. The van der Waals surface area contributed by atoms with Crippen LogP contribution in [0, 0.1) is 22.7 Å². The summed E-state index contributed by atoms with van der Waals surface area (Å²) in [5, 5.41) is 20.6. The zero-order valence-electron chi connectivity index (χ0n) is 15.6. The molecular weight excluding hydrogens is 351 g/mol. The zero-order valence-corrected chi connectivity index (χ0v) is 15.6. The summed E-state index contributed by atoms with van der Waals surface area (Å²) in [5.41, 5.74) is -3.09. The Morgan fingerprint density at radius 2 is 2.11 bits per heavy atom. The van der Waals surface area contributed by atoms with Gasteiger partial charge in [0.2, 0.25) is 0 Å². The Hall–Kier alpha value is -1.37. The minimum Gasteiger partial charge on any atom is -0.388 e. The van der Waals surface area contributed by atoms with Gasteiger partial charge in [-0.15, -0.1) is 0 Å². The van der Waals surface area contributed by atoms with E-state index in [1.807, 2.05) is 13.8 Å². The van der Waals surface area contributed by atoms with Crippen molar-refractivity contribution >= 4 is 11.6 Å². The second kappa shape index (κ2) is 4.97. The lowest BCUT2D eigenvalue weighted by Gasteiger charge is -2.56. The van der Waals surface area contributed by atoms with Crippen LogP contribution in [0.5, 0.6) is 0 Å². The van der Waals surface area contributed by atoms with E-state index in [-0.39, 0.29) is 36.6 Å². The van der Waals surface area contributed by atoms with Crippen LogP contribution in [0.4, 0.5) is 4.39 Å². The molecule has 146 valence electrons. The van der Waals surface area contributed by atoms with Crippen LogP contribution in [-0.2, 0) is 14.3 Å². The number of Topliss-reactive ketones (excluding diaryl/α,β-unsaturated/α-hetero) is 1. The molecule has 5 rings (SSSR count). The number of ketones is 2. The Morgan fingerprint density at radius 1 is 1.37 bits per heavy atom. The number of aliphatic hydroxyl groups excluding tert-OH is 1. The van der Waals surface area contributed by atoms with E-state index in [1.54, 1.807) is 6.08 Å². The third kappa shape index (κ3) is 1.76. The minimum atomic E-state index is -1.59. The fourth-order valence-corrected chi connectivity index (χ4v) is 7.23. The number of alkyl halides is 1. The lowest BCUT2D eigenvalue weighted by Crippen LogP contribution is -2.62. The van der Waals surface area contributed by atoms with Crippen molar-refractivity contribution in [3.8, 4) is 0 Å². The predicted octanol–water partition coefficient (Wildman–Crippen LogP) is 1.67. The lowest BCUT2D eigenvalue weighted by molar-refractivity contribution is -0.160. The molecule has 0 bridgehead atoms. The maximum atomic E-state index is 15.2. The topological polar surface area (TPSA) is 87.1 Å². The summed E-state index contributed by atoms with van der Waals surface area (Å²) in [4.78, 5) is 24.2. The van der Waals surface area contributed by atoms with E-state index in [1.165, 1.54) is 12.2 Å². The van der Waals surface area contributed by atoms with Crippen LogP contribution in [0.15, 0.2) is 23.8 Å². The van der Waals surface area contributed by atoms with Crippen LogP contribution in [0.25, 0.3) is 0 Å². The lowest BCUT2D eigenvalue weighted by atomic mass is 9.46. The molecule has 2 unspecified atom stereocenters. The molecule has 1 saturated heterocycles. The van der Waals surface area contributed by atoms with Crippen molar-refractivity contribution in [1.82, 2.24) is 0 Å². The van der Waals surface area contributed by atoms with E-state index in [0.29, 0.717) is 18.4 Å². The summed E-state index contributed by atoms with van der Waals surface area (Å²) in [6.45, 7) is 3.15. The van der Waals surface area contributed by atoms with Crippen LogP contribution < -0.4 is 0 Å². The Bertz CT molecular complexity index is 819. The van der Waals surface area contributed by atoms with Crippen molar-refractivity contribution in [3.05, 3.63) is 23.8 Å². The van der Waals surface area contributed by atoms with Gasteiger partial charge in [0.05, 0.1) is 6.10 Å². The van der Waals surface area contributed by atoms with Gasteiger partial charge in [-0.2, -0.15) is 0 Å². The first kappa shape index (κ1) is 17.7. The molecule has 0 aromatic carbocycles. The number of rotatable bonds is 2. The number of carbonyl (C=O) groups is 2. The summed E-state index contributed by atoms with van der Waals surface area (Å²) in [5.74, 6) is -0.957. The first-order chi connectivity index (χ1) is 12.6. The van der Waals surface area contributed by atoms with E-state index in [9.17, 15) is 19.8 Å². The fraction of sp³-hybridized carbons (Fsp3) is 0.714. The van der Waals surface area contributed by atoms with Crippen molar-refractivity contribution in [2.24, 2.45) is 22.7 Å². The van der Waals surface area contributed by atoms with Crippen LogP contribution in [0.1, 0.15) is 39.5 Å². The predicted molar refractivity (Wildman–Crippen MR) is 93.4 cm³/mol. The van der Waals surface area contributed by atoms with Gasteiger partial charge >= 0.3 is 0 Å². The standard InChI is InChI=1S/C21H25FO5/c1-18-5-3-11(24)7-14(18)15(22)8-13-12-4-6-20(26,16(25)10-23)19(12,2)9-17-21(13,18)27-17/h3,5,7,12-13,15,17,23,26H,4,6,8-10H2,1-2H3/t12-,13-,15+,17?,18-,19-,20-,21?/m0/s1. The molecule has 0 aromatic rings. The molecule has 27 heavy (non-hydrogen) atoms. The molecule has 0 amide bonds. The molecule has 5 aliphatic rings. The SMILES string of the molecule is C[C@]12C=CC(=O)C=C1[C@H](F)C[C@H]1[C@@H]3CC[C@](O)(C(=O)CO)[C@@]3(C)CC3OC312. The van der Waals surface area contributed by atoms with Gasteiger partial charge in [-0.05, 0) is 62.2 Å². The molecule has 3 saturated carbocycles. The summed E-state index contributed by atoms with van der Waals surface area (Å²) in [6.07, 6.45) is 4.91. The minimum absolute atomic E-state index is 0.0700. The number of fused-ring (bicyclic) bond motifs is 3. The third-order valence-corrected chi connectivity index (χ3v) is 8.68. The van der Waals surface area contributed by atoms with Crippen molar-refractivity contribution in [2.75, 3.05) is 6.61 Å². The molecule has 5 nitrogen and oxygen atoms in total. The molecule has 0 radical (unpaired) electrons. The third-order valence-electron chi connectivity index (χ3n) is 8.68. The summed E-state index contributed by atoms with van der Waals surface area (Å²) in [6, 6.07) is 0. The highest BCUT2D eigenvalue weighted by Gasteiger charge is 2.82. The van der Waals surface area contributed by atoms with Gasteiger partial charge in [0, 0.05) is 10.8 Å². The number of allylic oxidation sites excluding steroid dienone is 2. The largest absolute Gasteiger partial charge is 0.388 e. The molecule has 1 aliphatic heterocycles. The highest BCUT2D eigenvalue weighted by atomic mass is 19.1. The number of carbonyl (C=O) groups excluding carboxylic acids is 2. The van der Waals surface area contributed by atoms with E-state index in [0.717, 1.165) is 0 Å². The molecule has 8 atom stereocenters. The molecule has 2 N–H and O–H groups in total. The molecule has 6 heteroatoms. The Kier molecular flexibility index (Phi) is 3.26. The highest BCUT2D eigenvalue weighted by Crippen LogP contribution is 2.76. The second-order valence-corrected chi connectivity index (χ2v) is 9.46. The van der Waals surface area contributed by atoms with Crippen LogP contribution in [-0.4, -0.2) is 51.9 Å². The smallest absolute Gasteiger partial charge is 0.190 e. The molecule has 4 aliphatic carbocycles. The Balaban J connectivity index is 1.61. The van der Waals surface area contributed by atoms with Crippen molar-refractivity contribution in [1.29, 1.82) is 0 Å². The van der Waals surface area contributed by atoms with Crippen LogP contribution in [0.2, 0.25) is 0 Å². The molecule has 1 spiro atoms. The van der Waals surface area contributed by atoms with Crippen molar-refractivity contribution < 1.29 is 28.9 Å². The summed E-state index contributed by atoms with van der Waals surface area (Å²) >= 11 is 0. The normalized spacial score (nSPS) is 55.1. The maximum absolute atomic E-state index is 15.2. The number of ether oxygens (including phenoxy) is 1. The number of epoxide rings is 1. The first-order valence-corrected chi connectivity index (χ1v) is 9.78. The Labute approximate surface area is 157 Å². The molecule has 4 fully saturated rings. The number of halogens is 1. The summed E-state index contributed by atoms with van der Waals surface area (Å²) in [7, 11) is 0. The van der Waals surface area contributed by atoms with E-state index < -0.39 is 40.6 Å². The fourth-order valence-electron chi connectivity index (χ4n) is 7.23. The van der Waals surface area contributed by atoms with E-state index in [4.69, 9.17) is 4.74 Å². The average molecular weight is 376 g/mol. The first-order valence-electron chi connectivity index (χ1n) is 9.78. The van der Waals surface area contributed by atoms with Gasteiger partial charge in [-0.25, -0.2) is 4.39 Å². The van der Waals surface area contributed by atoms with Crippen LogP contribution >= 0.6 is 0 Å². The Morgan fingerprint density at radius 3 is 2.81 bits per heavy atom. The monoisotopic (exact) mass is 376 g/mol. The van der Waals surface area contributed by atoms with Gasteiger partial charge in [-0.3, -0.25) is 9.59 Å². The number of hydrogen-bond acceptors (Lipinski definition) is 5.